The van der Waals surface area contributed by atoms with Crippen LogP contribution in [0.25, 0.3) is 0 Å². The molecule has 1 saturated carbocycles. The molecule has 1 amide bonds. The Kier molecular flexibility index (Phi) is 5.89. The first kappa shape index (κ1) is 15.4. The van der Waals surface area contributed by atoms with Gasteiger partial charge < -0.3 is 9.64 Å². The van der Waals surface area contributed by atoms with E-state index < -0.39 is 0 Å². The van der Waals surface area contributed by atoms with E-state index >= 15 is 0 Å². The molecule has 1 fully saturated rings. The van der Waals surface area contributed by atoms with Gasteiger partial charge in [-0.05, 0) is 31.7 Å². The van der Waals surface area contributed by atoms with E-state index in [1.165, 1.54) is 6.42 Å². The summed E-state index contributed by atoms with van der Waals surface area (Å²) in [6.45, 7) is 0.851. The van der Waals surface area contributed by atoms with E-state index in [4.69, 9.17) is 4.74 Å². The minimum atomic E-state index is 0.222. The molecule has 0 unspecified atom stereocenters. The molecule has 4 heteroatoms. The summed E-state index contributed by atoms with van der Waals surface area (Å²) >= 11 is 3.45. The number of nitrogens with zero attached hydrogens (tertiary/aromatic N) is 1. The fraction of sp³-hybridized carbons (Fsp3) is 0.562. The van der Waals surface area contributed by atoms with Gasteiger partial charge >= 0.3 is 0 Å². The van der Waals surface area contributed by atoms with Crippen LogP contribution in [0.5, 0.6) is 5.75 Å². The average molecular weight is 340 g/mol. The molecular formula is C16H22BrNO2. The van der Waals surface area contributed by atoms with E-state index in [1.54, 1.807) is 7.11 Å². The molecule has 1 aliphatic carbocycles. The monoisotopic (exact) mass is 339 g/mol. The van der Waals surface area contributed by atoms with E-state index in [2.05, 4.69) is 20.8 Å². The molecule has 1 aliphatic rings. The summed E-state index contributed by atoms with van der Waals surface area (Å²) in [5, 5.41) is 0.943. The molecule has 1 aromatic rings. The topological polar surface area (TPSA) is 29.5 Å². The van der Waals surface area contributed by atoms with Crippen LogP contribution >= 0.6 is 15.9 Å². The Balaban J connectivity index is 2.03. The number of para-hydroxylation sites is 1. The molecule has 3 nitrogen and oxygen atoms in total. The summed E-state index contributed by atoms with van der Waals surface area (Å²) in [5.74, 6) is 1.02. The van der Waals surface area contributed by atoms with Gasteiger partial charge in [0, 0.05) is 23.5 Å². The molecule has 0 bridgehead atoms. The Hall–Kier alpha value is -1.03. The van der Waals surface area contributed by atoms with Gasteiger partial charge in [-0.25, -0.2) is 0 Å². The highest BCUT2D eigenvalue weighted by molar-refractivity contribution is 9.09. The maximum atomic E-state index is 12.6. The number of alkyl halides is 1. The molecule has 2 rings (SSSR count). The summed E-state index contributed by atoms with van der Waals surface area (Å²) in [6.07, 6.45) is 4.99. The summed E-state index contributed by atoms with van der Waals surface area (Å²) in [4.78, 5) is 14.6. The van der Waals surface area contributed by atoms with Crippen molar-refractivity contribution in [3.63, 3.8) is 0 Å². The van der Waals surface area contributed by atoms with Crippen molar-refractivity contribution in [2.75, 3.05) is 19.0 Å². The van der Waals surface area contributed by atoms with Crippen LogP contribution in [0.15, 0.2) is 24.3 Å². The SMILES string of the molecule is COc1ccccc1CC(=O)N(CCCBr)C1CCC1. The first-order valence-electron chi connectivity index (χ1n) is 7.23. The van der Waals surface area contributed by atoms with Crippen molar-refractivity contribution in [2.24, 2.45) is 0 Å². The van der Waals surface area contributed by atoms with Gasteiger partial charge in [-0.1, -0.05) is 34.1 Å². The van der Waals surface area contributed by atoms with Crippen LogP contribution in [-0.4, -0.2) is 35.8 Å². The van der Waals surface area contributed by atoms with Crippen LogP contribution in [0.3, 0.4) is 0 Å². The van der Waals surface area contributed by atoms with Crippen molar-refractivity contribution in [2.45, 2.75) is 38.1 Å². The van der Waals surface area contributed by atoms with Crippen LogP contribution in [-0.2, 0) is 11.2 Å². The third-order valence-corrected chi connectivity index (χ3v) is 4.46. The molecule has 0 heterocycles. The van der Waals surface area contributed by atoms with Crippen molar-refractivity contribution in [1.82, 2.24) is 4.90 Å². The fourth-order valence-electron chi connectivity index (χ4n) is 2.55. The van der Waals surface area contributed by atoms with Crippen molar-refractivity contribution >= 4 is 21.8 Å². The summed E-state index contributed by atoms with van der Waals surface area (Å²) in [6, 6.07) is 8.23. The fourth-order valence-corrected chi connectivity index (χ4v) is 2.80. The Bertz CT molecular complexity index is 446. The molecule has 1 aromatic carbocycles. The molecule has 20 heavy (non-hydrogen) atoms. The Labute approximate surface area is 129 Å². The lowest BCUT2D eigenvalue weighted by Gasteiger charge is -2.37. The van der Waals surface area contributed by atoms with Gasteiger partial charge in [-0.15, -0.1) is 0 Å². The zero-order valence-corrected chi connectivity index (χ0v) is 13.6. The average Bonchev–Trinajstić information content (AvgIpc) is 2.41. The van der Waals surface area contributed by atoms with E-state index in [9.17, 15) is 4.79 Å². The van der Waals surface area contributed by atoms with Gasteiger partial charge in [0.05, 0.1) is 13.5 Å². The number of hydrogen-bond acceptors (Lipinski definition) is 2. The highest BCUT2D eigenvalue weighted by Crippen LogP contribution is 2.27. The number of hydrogen-bond donors (Lipinski definition) is 0. The Morgan fingerprint density at radius 1 is 1.40 bits per heavy atom. The maximum Gasteiger partial charge on any atom is 0.227 e. The molecule has 0 aliphatic heterocycles. The number of carbonyl (C=O) groups excluding carboxylic acids is 1. The second-order valence-corrected chi connectivity index (χ2v) is 6.00. The molecule has 0 radical (unpaired) electrons. The minimum Gasteiger partial charge on any atom is -0.496 e. The molecule has 0 spiro atoms. The van der Waals surface area contributed by atoms with Crippen LogP contribution < -0.4 is 4.74 Å². The number of amides is 1. The van der Waals surface area contributed by atoms with Gasteiger partial charge in [0.1, 0.15) is 5.75 Å². The van der Waals surface area contributed by atoms with E-state index in [-0.39, 0.29) is 5.91 Å². The second kappa shape index (κ2) is 7.67. The standard InChI is InChI=1S/C16H22BrNO2/c1-20-15-9-3-2-6-13(15)12-16(19)18(11-5-10-17)14-7-4-8-14/h2-3,6,9,14H,4-5,7-8,10-12H2,1H3. The van der Waals surface area contributed by atoms with Crippen molar-refractivity contribution in [3.8, 4) is 5.75 Å². The smallest absolute Gasteiger partial charge is 0.227 e. The zero-order chi connectivity index (χ0) is 14.4. The predicted octanol–water partition coefficient (Wildman–Crippen LogP) is 3.40. The van der Waals surface area contributed by atoms with Crippen molar-refractivity contribution in [3.05, 3.63) is 29.8 Å². The number of methoxy groups -OCH3 is 1. The van der Waals surface area contributed by atoms with Crippen molar-refractivity contribution < 1.29 is 9.53 Å². The number of rotatable bonds is 7. The minimum absolute atomic E-state index is 0.222. The quantitative estimate of drug-likeness (QED) is 0.712. The third-order valence-electron chi connectivity index (χ3n) is 3.90. The van der Waals surface area contributed by atoms with Crippen LogP contribution in [0.4, 0.5) is 0 Å². The summed E-state index contributed by atoms with van der Waals surface area (Å²) < 4.78 is 5.33. The number of ether oxygens (including phenoxy) is 1. The molecule has 0 N–H and O–H groups in total. The molecule has 0 aromatic heterocycles. The zero-order valence-electron chi connectivity index (χ0n) is 12.0. The van der Waals surface area contributed by atoms with Crippen molar-refractivity contribution in [1.29, 1.82) is 0 Å². The number of benzene rings is 1. The van der Waals surface area contributed by atoms with Crippen LogP contribution in [0.1, 0.15) is 31.2 Å². The Morgan fingerprint density at radius 2 is 2.15 bits per heavy atom. The lowest BCUT2D eigenvalue weighted by atomic mass is 9.91. The second-order valence-electron chi connectivity index (χ2n) is 5.20. The first-order valence-corrected chi connectivity index (χ1v) is 8.35. The molecule has 0 atom stereocenters. The number of halogens is 1. The number of carbonyl (C=O) groups is 1. The molecule has 0 saturated heterocycles. The van der Waals surface area contributed by atoms with E-state index in [0.717, 1.165) is 42.5 Å². The third kappa shape index (κ3) is 3.75. The highest BCUT2D eigenvalue weighted by atomic mass is 79.9. The van der Waals surface area contributed by atoms with Gasteiger partial charge in [-0.3, -0.25) is 4.79 Å². The van der Waals surface area contributed by atoms with Crippen LogP contribution in [0, 0.1) is 0 Å². The normalized spacial score (nSPS) is 14.7. The van der Waals surface area contributed by atoms with Gasteiger partial charge in [0.25, 0.3) is 0 Å². The van der Waals surface area contributed by atoms with Gasteiger partial charge in [0.2, 0.25) is 5.91 Å². The summed E-state index contributed by atoms with van der Waals surface area (Å²) in [5.41, 5.74) is 0.975. The summed E-state index contributed by atoms with van der Waals surface area (Å²) in [7, 11) is 1.65. The molecule has 110 valence electrons. The lowest BCUT2D eigenvalue weighted by Crippen LogP contribution is -2.45. The van der Waals surface area contributed by atoms with Gasteiger partial charge in [0.15, 0.2) is 0 Å². The largest absolute Gasteiger partial charge is 0.496 e. The van der Waals surface area contributed by atoms with Crippen LogP contribution in [0.2, 0.25) is 0 Å². The first-order chi connectivity index (χ1) is 9.76. The van der Waals surface area contributed by atoms with Gasteiger partial charge in [-0.2, -0.15) is 0 Å². The van der Waals surface area contributed by atoms with E-state index in [0.29, 0.717) is 12.5 Å². The molecular weight excluding hydrogens is 318 g/mol. The lowest BCUT2D eigenvalue weighted by molar-refractivity contribution is -0.134. The predicted molar refractivity (Wildman–Crippen MR) is 84.5 cm³/mol. The maximum absolute atomic E-state index is 12.6. The highest BCUT2D eigenvalue weighted by Gasteiger charge is 2.28. The van der Waals surface area contributed by atoms with E-state index in [1.807, 2.05) is 24.3 Å². The Morgan fingerprint density at radius 3 is 2.75 bits per heavy atom.